The van der Waals surface area contributed by atoms with Crippen molar-refractivity contribution in [2.45, 2.75) is 19.4 Å². The van der Waals surface area contributed by atoms with E-state index in [4.69, 9.17) is 0 Å². The zero-order chi connectivity index (χ0) is 23.9. The Labute approximate surface area is 202 Å². The highest BCUT2D eigenvalue weighted by Crippen LogP contribution is 2.21. The predicted molar refractivity (Wildman–Crippen MR) is 137 cm³/mol. The maximum absolute atomic E-state index is 13.1. The molecule has 7 nitrogen and oxygen atoms in total. The Morgan fingerprint density at radius 3 is 2.68 bits per heavy atom. The molecule has 0 spiro atoms. The average molecular weight is 472 g/mol. The van der Waals surface area contributed by atoms with Gasteiger partial charge in [-0.2, -0.15) is 11.8 Å². The number of nitrogens with one attached hydrogen (secondary N) is 2. The van der Waals surface area contributed by atoms with Gasteiger partial charge in [0.05, 0.1) is 11.2 Å². The van der Waals surface area contributed by atoms with Gasteiger partial charge in [0.25, 0.3) is 5.91 Å². The van der Waals surface area contributed by atoms with Gasteiger partial charge in [-0.15, -0.1) is 0 Å². The Hall–Kier alpha value is -3.78. The summed E-state index contributed by atoms with van der Waals surface area (Å²) in [5, 5.41) is 6.75. The summed E-state index contributed by atoms with van der Waals surface area (Å²) in [7, 11) is 0. The smallest absolute Gasteiger partial charge is 0.270 e. The van der Waals surface area contributed by atoms with Gasteiger partial charge >= 0.3 is 0 Å². The quantitative estimate of drug-likeness (QED) is 0.393. The number of amides is 2. The minimum Gasteiger partial charge on any atom is -0.339 e. The van der Waals surface area contributed by atoms with Gasteiger partial charge in [0.15, 0.2) is 0 Å². The molecule has 2 N–H and O–H groups in total. The number of carbonyl (C=O) groups is 2. The average Bonchev–Trinajstić information content (AvgIpc) is 2.86. The molecule has 8 heteroatoms. The van der Waals surface area contributed by atoms with E-state index in [1.165, 1.54) is 0 Å². The second-order valence-corrected chi connectivity index (χ2v) is 8.74. The van der Waals surface area contributed by atoms with Crippen LogP contribution in [0.3, 0.4) is 0 Å². The van der Waals surface area contributed by atoms with Crippen LogP contribution in [0.1, 0.15) is 22.7 Å². The number of aromatic nitrogens is 3. The molecule has 2 amide bonds. The van der Waals surface area contributed by atoms with E-state index in [-0.39, 0.29) is 17.5 Å². The fourth-order valence-corrected chi connectivity index (χ4v) is 4.00. The zero-order valence-corrected chi connectivity index (χ0v) is 19.8. The highest BCUT2D eigenvalue weighted by Gasteiger charge is 2.22. The van der Waals surface area contributed by atoms with E-state index < -0.39 is 6.04 Å². The van der Waals surface area contributed by atoms with E-state index in [1.54, 1.807) is 24.0 Å². The van der Waals surface area contributed by atoms with Crippen molar-refractivity contribution in [1.82, 2.24) is 20.3 Å². The van der Waals surface area contributed by atoms with Gasteiger partial charge in [0.1, 0.15) is 17.6 Å². The number of pyridine rings is 1. The first kappa shape index (κ1) is 23.4. The van der Waals surface area contributed by atoms with Gasteiger partial charge in [-0.3, -0.25) is 9.59 Å². The lowest BCUT2D eigenvalue weighted by molar-refractivity contribution is -0.118. The second kappa shape index (κ2) is 10.9. The molecule has 4 aromatic rings. The Bertz CT molecular complexity index is 1330. The van der Waals surface area contributed by atoms with Crippen LogP contribution in [0.5, 0.6) is 0 Å². The van der Waals surface area contributed by atoms with Crippen LogP contribution in [-0.2, 0) is 4.79 Å². The van der Waals surface area contributed by atoms with Gasteiger partial charge in [-0.05, 0) is 55.7 Å². The van der Waals surface area contributed by atoms with Crippen molar-refractivity contribution in [1.29, 1.82) is 0 Å². The third-order valence-corrected chi connectivity index (χ3v) is 5.91. The highest BCUT2D eigenvalue weighted by atomic mass is 32.2. The summed E-state index contributed by atoms with van der Waals surface area (Å²) in [6.07, 6.45) is 4.17. The SMILES string of the molecule is CSCCC(NC(=O)c1ccc2ccccc2n1)C(=O)Nc1cccc(-c2ccnc(C)n2)c1. The van der Waals surface area contributed by atoms with Crippen molar-refractivity contribution in [2.24, 2.45) is 0 Å². The Kier molecular flexibility index (Phi) is 7.49. The maximum Gasteiger partial charge on any atom is 0.270 e. The van der Waals surface area contributed by atoms with E-state index >= 15 is 0 Å². The minimum atomic E-state index is -0.696. The fourth-order valence-electron chi connectivity index (χ4n) is 3.53. The Morgan fingerprint density at radius 2 is 1.85 bits per heavy atom. The molecule has 1 atom stereocenters. The first-order valence-electron chi connectivity index (χ1n) is 10.9. The first-order chi connectivity index (χ1) is 16.5. The molecule has 0 aliphatic heterocycles. The molecule has 0 aliphatic rings. The molecule has 0 aliphatic carbocycles. The molecule has 0 bridgehead atoms. The van der Waals surface area contributed by atoms with Crippen molar-refractivity contribution in [3.8, 4) is 11.3 Å². The number of benzene rings is 2. The summed E-state index contributed by atoms with van der Waals surface area (Å²) in [4.78, 5) is 39.0. The van der Waals surface area contributed by atoms with Crippen LogP contribution in [-0.4, -0.2) is 44.8 Å². The third kappa shape index (κ3) is 5.77. The van der Waals surface area contributed by atoms with Crippen LogP contribution in [0.25, 0.3) is 22.2 Å². The number of para-hydroxylation sites is 1. The Morgan fingerprint density at radius 1 is 1.00 bits per heavy atom. The molecule has 0 saturated carbocycles. The Balaban J connectivity index is 1.50. The monoisotopic (exact) mass is 471 g/mol. The van der Waals surface area contributed by atoms with Crippen LogP contribution < -0.4 is 10.6 Å². The number of hydrogen-bond donors (Lipinski definition) is 2. The molecule has 2 heterocycles. The van der Waals surface area contributed by atoms with Crippen molar-refractivity contribution < 1.29 is 9.59 Å². The summed E-state index contributed by atoms with van der Waals surface area (Å²) in [6, 6.07) is 19.7. The number of anilines is 1. The van der Waals surface area contributed by atoms with Crippen molar-refractivity contribution >= 4 is 40.2 Å². The topological polar surface area (TPSA) is 96.9 Å². The van der Waals surface area contributed by atoms with Crippen LogP contribution >= 0.6 is 11.8 Å². The van der Waals surface area contributed by atoms with Crippen LogP contribution in [0.15, 0.2) is 72.9 Å². The second-order valence-electron chi connectivity index (χ2n) is 7.76. The highest BCUT2D eigenvalue weighted by molar-refractivity contribution is 7.98. The minimum absolute atomic E-state index is 0.279. The van der Waals surface area contributed by atoms with Crippen molar-refractivity contribution in [2.75, 3.05) is 17.3 Å². The number of hydrogen-bond acceptors (Lipinski definition) is 6. The molecule has 0 saturated heterocycles. The third-order valence-electron chi connectivity index (χ3n) is 5.27. The number of carbonyl (C=O) groups excluding carboxylic acids is 2. The van der Waals surface area contributed by atoms with E-state index in [0.29, 0.717) is 17.9 Å². The van der Waals surface area contributed by atoms with Crippen LogP contribution in [0.2, 0.25) is 0 Å². The van der Waals surface area contributed by atoms with Crippen LogP contribution in [0, 0.1) is 6.92 Å². The largest absolute Gasteiger partial charge is 0.339 e. The van der Waals surface area contributed by atoms with Crippen molar-refractivity contribution in [3.05, 3.63) is 84.4 Å². The lowest BCUT2D eigenvalue weighted by Crippen LogP contribution is -2.44. The number of thioether (sulfide) groups is 1. The molecule has 2 aromatic carbocycles. The fraction of sp³-hybridized carbons (Fsp3) is 0.192. The molecule has 34 heavy (non-hydrogen) atoms. The van der Waals surface area contributed by atoms with E-state index in [9.17, 15) is 9.59 Å². The number of fused-ring (bicyclic) bond motifs is 1. The lowest BCUT2D eigenvalue weighted by Gasteiger charge is -2.18. The molecular weight excluding hydrogens is 446 g/mol. The first-order valence-corrected chi connectivity index (χ1v) is 12.3. The van der Waals surface area contributed by atoms with E-state index in [2.05, 4.69) is 25.6 Å². The van der Waals surface area contributed by atoms with E-state index in [1.807, 2.05) is 73.8 Å². The van der Waals surface area contributed by atoms with Gasteiger partial charge in [-0.1, -0.05) is 36.4 Å². The molecule has 172 valence electrons. The molecule has 4 rings (SSSR count). The number of nitrogens with zero attached hydrogens (tertiary/aromatic N) is 3. The van der Waals surface area contributed by atoms with Gasteiger partial charge < -0.3 is 10.6 Å². The summed E-state index contributed by atoms with van der Waals surface area (Å²) in [6.45, 7) is 1.83. The summed E-state index contributed by atoms with van der Waals surface area (Å²) in [5.74, 6) is 0.745. The summed E-state index contributed by atoms with van der Waals surface area (Å²) < 4.78 is 0. The number of aryl methyl sites for hydroxylation is 1. The molecule has 1 unspecified atom stereocenters. The molecular formula is C26H25N5O2S. The van der Waals surface area contributed by atoms with Gasteiger partial charge in [-0.25, -0.2) is 15.0 Å². The maximum atomic E-state index is 13.1. The molecule has 2 aromatic heterocycles. The zero-order valence-electron chi connectivity index (χ0n) is 19.0. The lowest BCUT2D eigenvalue weighted by atomic mass is 10.1. The predicted octanol–water partition coefficient (Wildman–Crippen LogP) is 4.49. The standard InChI is InChI=1S/C26H25N5O2S/c1-17-27-14-12-22(28-17)19-7-5-8-20(16-19)29-25(32)24(13-15-34-2)31-26(33)23-11-10-18-6-3-4-9-21(18)30-23/h3-12,14,16,24H,13,15H2,1-2H3,(H,29,32)(H,31,33). The summed E-state index contributed by atoms with van der Waals surface area (Å²) in [5.41, 5.74) is 3.29. The molecule has 0 fully saturated rings. The normalized spacial score (nSPS) is 11.7. The van der Waals surface area contributed by atoms with Crippen LogP contribution in [0.4, 0.5) is 5.69 Å². The molecule has 0 radical (unpaired) electrons. The number of rotatable bonds is 8. The van der Waals surface area contributed by atoms with Gasteiger partial charge in [0.2, 0.25) is 5.91 Å². The summed E-state index contributed by atoms with van der Waals surface area (Å²) >= 11 is 1.62. The van der Waals surface area contributed by atoms with Crippen molar-refractivity contribution in [3.63, 3.8) is 0 Å². The van der Waals surface area contributed by atoms with E-state index in [0.717, 1.165) is 27.9 Å². The van der Waals surface area contributed by atoms with Gasteiger partial charge in [0, 0.05) is 22.8 Å².